The number of hydrogen-bond donors (Lipinski definition) is 1. The number of carbonyl (C=O) groups excluding carboxylic acids is 1. The highest BCUT2D eigenvalue weighted by Gasteiger charge is 2.29. The summed E-state index contributed by atoms with van der Waals surface area (Å²) in [4.78, 5) is 20.8. The van der Waals surface area contributed by atoms with Crippen LogP contribution in [0.5, 0.6) is 0 Å². The monoisotopic (exact) mass is 384 g/mol. The summed E-state index contributed by atoms with van der Waals surface area (Å²) in [6.07, 6.45) is 3.38. The highest BCUT2D eigenvalue weighted by atomic mass is 32.2. The van der Waals surface area contributed by atoms with Crippen molar-refractivity contribution in [1.82, 2.24) is 20.1 Å². The molecule has 3 aromatic rings. The maximum absolute atomic E-state index is 13.2. The van der Waals surface area contributed by atoms with Crippen LogP contribution in [0.25, 0.3) is 10.7 Å². The number of benzene rings is 1. The third kappa shape index (κ3) is 3.83. The molecule has 4 rings (SSSR count). The molecule has 1 atom stereocenters. The third-order valence-corrected chi connectivity index (χ3v) is 6.42. The Morgan fingerprint density at radius 1 is 1.12 bits per heavy atom. The van der Waals surface area contributed by atoms with Crippen molar-refractivity contribution >= 4 is 29.0 Å². The summed E-state index contributed by atoms with van der Waals surface area (Å²) in [6, 6.07) is 13.9. The summed E-state index contributed by atoms with van der Waals surface area (Å²) in [5.41, 5.74) is 0.996. The fraction of sp³-hybridized carbons (Fsp3) is 0.316. The van der Waals surface area contributed by atoms with Gasteiger partial charge in [-0.2, -0.15) is 0 Å². The summed E-state index contributed by atoms with van der Waals surface area (Å²) in [6.45, 7) is 1.69. The molecule has 0 spiro atoms. The molecular weight excluding hydrogens is 364 g/mol. The molecule has 5 nitrogen and oxygen atoms in total. The van der Waals surface area contributed by atoms with Crippen molar-refractivity contribution in [2.75, 3.05) is 13.1 Å². The molecule has 1 aromatic carbocycles. The summed E-state index contributed by atoms with van der Waals surface area (Å²) >= 11 is 3.04. The lowest BCUT2D eigenvalue weighted by Gasteiger charge is -2.30. The van der Waals surface area contributed by atoms with Crippen LogP contribution in [0.1, 0.15) is 30.1 Å². The molecule has 1 aliphatic rings. The Kier molecular flexibility index (Phi) is 5.36. The number of piperidine rings is 1. The van der Waals surface area contributed by atoms with Gasteiger partial charge in [0.2, 0.25) is 11.1 Å². The van der Waals surface area contributed by atoms with Gasteiger partial charge in [-0.3, -0.25) is 9.89 Å². The van der Waals surface area contributed by atoms with Gasteiger partial charge < -0.3 is 4.90 Å². The first-order valence-corrected chi connectivity index (χ1v) is 10.5. The van der Waals surface area contributed by atoms with Crippen molar-refractivity contribution in [2.24, 2.45) is 0 Å². The highest BCUT2D eigenvalue weighted by Crippen LogP contribution is 2.36. The van der Waals surface area contributed by atoms with E-state index in [1.165, 1.54) is 18.2 Å². The lowest BCUT2D eigenvalue weighted by Crippen LogP contribution is -2.38. The van der Waals surface area contributed by atoms with E-state index in [1.807, 2.05) is 52.7 Å². The van der Waals surface area contributed by atoms with Crippen molar-refractivity contribution in [3.63, 3.8) is 0 Å². The Morgan fingerprint density at radius 3 is 2.65 bits per heavy atom. The zero-order chi connectivity index (χ0) is 17.8. The SMILES string of the molecule is O=C([C@H](Sc1n[nH]c(-c2cccs2)n1)c1ccccc1)N1CCCCC1. The van der Waals surface area contributed by atoms with Gasteiger partial charge in [0.05, 0.1) is 4.88 Å². The molecule has 134 valence electrons. The van der Waals surface area contributed by atoms with Gasteiger partial charge in [0.15, 0.2) is 5.82 Å². The smallest absolute Gasteiger partial charge is 0.240 e. The number of aromatic nitrogens is 3. The first kappa shape index (κ1) is 17.3. The van der Waals surface area contributed by atoms with E-state index in [4.69, 9.17) is 0 Å². The number of aromatic amines is 1. The second kappa shape index (κ2) is 8.05. The largest absolute Gasteiger partial charge is 0.341 e. The van der Waals surface area contributed by atoms with E-state index in [1.54, 1.807) is 11.3 Å². The third-order valence-electron chi connectivity index (χ3n) is 4.44. The van der Waals surface area contributed by atoms with Crippen LogP contribution >= 0.6 is 23.1 Å². The Hall–Kier alpha value is -2.12. The predicted octanol–water partition coefficient (Wildman–Crippen LogP) is 4.38. The van der Waals surface area contributed by atoms with E-state index < -0.39 is 0 Å². The van der Waals surface area contributed by atoms with Gasteiger partial charge in [0, 0.05) is 13.1 Å². The molecule has 3 heterocycles. The zero-order valence-electron chi connectivity index (χ0n) is 14.3. The minimum atomic E-state index is -0.318. The van der Waals surface area contributed by atoms with Gasteiger partial charge in [-0.25, -0.2) is 4.98 Å². The van der Waals surface area contributed by atoms with Crippen molar-refractivity contribution < 1.29 is 4.79 Å². The van der Waals surface area contributed by atoms with Gasteiger partial charge in [0.1, 0.15) is 5.25 Å². The maximum Gasteiger partial charge on any atom is 0.240 e. The Labute approximate surface area is 160 Å². The minimum absolute atomic E-state index is 0.156. The highest BCUT2D eigenvalue weighted by molar-refractivity contribution is 8.00. The number of amides is 1. The van der Waals surface area contributed by atoms with Gasteiger partial charge in [-0.05, 0) is 36.3 Å². The summed E-state index contributed by atoms with van der Waals surface area (Å²) in [5.74, 6) is 0.906. The summed E-state index contributed by atoms with van der Waals surface area (Å²) in [7, 11) is 0. The van der Waals surface area contributed by atoms with E-state index in [-0.39, 0.29) is 11.2 Å². The molecule has 0 radical (unpaired) electrons. The molecule has 0 bridgehead atoms. The number of H-pyrrole nitrogens is 1. The molecule has 0 aliphatic carbocycles. The van der Waals surface area contributed by atoms with Gasteiger partial charge >= 0.3 is 0 Å². The van der Waals surface area contributed by atoms with Crippen LogP contribution in [0.4, 0.5) is 0 Å². The van der Waals surface area contributed by atoms with E-state index in [2.05, 4.69) is 15.2 Å². The lowest BCUT2D eigenvalue weighted by atomic mass is 10.1. The first-order chi connectivity index (χ1) is 12.8. The predicted molar refractivity (Wildman–Crippen MR) is 105 cm³/mol. The summed E-state index contributed by atoms with van der Waals surface area (Å²) in [5, 5.41) is 9.61. The minimum Gasteiger partial charge on any atom is -0.341 e. The zero-order valence-corrected chi connectivity index (χ0v) is 15.9. The Balaban J connectivity index is 1.58. The van der Waals surface area contributed by atoms with Crippen LogP contribution in [0, 0.1) is 0 Å². The lowest BCUT2D eigenvalue weighted by molar-refractivity contribution is -0.131. The van der Waals surface area contributed by atoms with Crippen LogP contribution in [-0.4, -0.2) is 39.1 Å². The van der Waals surface area contributed by atoms with Gasteiger partial charge in [-0.15, -0.1) is 16.4 Å². The van der Waals surface area contributed by atoms with Crippen molar-refractivity contribution in [2.45, 2.75) is 29.7 Å². The topological polar surface area (TPSA) is 61.9 Å². The number of nitrogens with one attached hydrogen (secondary N) is 1. The molecule has 0 unspecified atom stereocenters. The fourth-order valence-electron chi connectivity index (χ4n) is 3.10. The molecular formula is C19H20N4OS2. The van der Waals surface area contributed by atoms with Crippen LogP contribution in [0.15, 0.2) is 53.0 Å². The molecule has 26 heavy (non-hydrogen) atoms. The van der Waals surface area contributed by atoms with Crippen LogP contribution in [0.3, 0.4) is 0 Å². The second-order valence-electron chi connectivity index (χ2n) is 6.24. The number of hydrogen-bond acceptors (Lipinski definition) is 5. The number of carbonyl (C=O) groups is 1. The first-order valence-electron chi connectivity index (χ1n) is 8.78. The quantitative estimate of drug-likeness (QED) is 0.663. The molecule has 1 fully saturated rings. The average Bonchev–Trinajstić information content (AvgIpc) is 3.39. The maximum atomic E-state index is 13.2. The van der Waals surface area contributed by atoms with Crippen molar-refractivity contribution in [3.8, 4) is 10.7 Å². The molecule has 7 heteroatoms. The molecule has 1 saturated heterocycles. The van der Waals surface area contributed by atoms with E-state index in [0.717, 1.165) is 42.2 Å². The van der Waals surface area contributed by atoms with Gasteiger partial charge in [-0.1, -0.05) is 48.2 Å². The molecule has 1 amide bonds. The molecule has 2 aromatic heterocycles. The standard InChI is InChI=1S/C19H20N4OS2/c24-18(23-11-5-2-6-12-23)16(14-8-3-1-4-9-14)26-19-20-17(21-22-19)15-10-7-13-25-15/h1,3-4,7-10,13,16H,2,5-6,11-12H2,(H,20,21,22)/t16-/m1/s1. The van der Waals surface area contributed by atoms with Gasteiger partial charge in [0.25, 0.3) is 0 Å². The van der Waals surface area contributed by atoms with Crippen molar-refractivity contribution in [1.29, 1.82) is 0 Å². The van der Waals surface area contributed by atoms with Crippen LogP contribution in [-0.2, 0) is 4.79 Å². The average molecular weight is 385 g/mol. The number of thioether (sulfide) groups is 1. The number of rotatable bonds is 5. The summed E-state index contributed by atoms with van der Waals surface area (Å²) < 4.78 is 0. The molecule has 0 saturated carbocycles. The van der Waals surface area contributed by atoms with Crippen LogP contribution < -0.4 is 0 Å². The molecule has 1 aliphatic heterocycles. The normalized spacial score (nSPS) is 15.8. The van der Waals surface area contributed by atoms with Crippen molar-refractivity contribution in [3.05, 3.63) is 53.4 Å². The van der Waals surface area contributed by atoms with E-state index in [9.17, 15) is 4.79 Å². The van der Waals surface area contributed by atoms with E-state index >= 15 is 0 Å². The Bertz CT molecular complexity index is 842. The second-order valence-corrected chi connectivity index (χ2v) is 8.26. The number of thiophene rings is 1. The van der Waals surface area contributed by atoms with Crippen LogP contribution in [0.2, 0.25) is 0 Å². The number of likely N-dealkylation sites (tertiary alicyclic amines) is 1. The Morgan fingerprint density at radius 2 is 1.92 bits per heavy atom. The molecule has 1 N–H and O–H groups in total. The fourth-order valence-corrected chi connectivity index (χ4v) is 4.76. The number of nitrogens with zero attached hydrogens (tertiary/aromatic N) is 3. The van der Waals surface area contributed by atoms with E-state index in [0.29, 0.717) is 5.16 Å².